The Labute approximate surface area is 150 Å². The smallest absolute Gasteiger partial charge is 0.224 e. The third-order valence-electron chi connectivity index (χ3n) is 5.30. The van der Waals surface area contributed by atoms with Crippen molar-refractivity contribution < 1.29 is 4.79 Å². The Hall–Kier alpha value is -0.770. The third kappa shape index (κ3) is 4.40. The predicted octanol–water partition coefficient (Wildman–Crippen LogP) is 3.69. The molecule has 1 heterocycles. The molecule has 1 aliphatic heterocycles. The van der Waals surface area contributed by atoms with Gasteiger partial charge >= 0.3 is 0 Å². The maximum atomic E-state index is 12.3. The number of carbonyl (C=O) groups excluding carboxylic acids is 1. The Bertz CT molecular complexity index is 506. The molecular formula is C18H26Cl2N2O. The third-order valence-corrected chi connectivity index (χ3v) is 5.55. The molecule has 3 rings (SSSR count). The Morgan fingerprint density at radius 2 is 1.91 bits per heavy atom. The number of amides is 1. The molecule has 2 N–H and O–H groups in total. The topological polar surface area (TPSA) is 41.1 Å². The average Bonchev–Trinajstić information content (AvgIpc) is 3.09. The van der Waals surface area contributed by atoms with Gasteiger partial charge in [-0.1, -0.05) is 43.0 Å². The molecule has 2 aliphatic rings. The zero-order valence-electron chi connectivity index (χ0n) is 13.4. The van der Waals surface area contributed by atoms with E-state index in [4.69, 9.17) is 11.6 Å². The first-order chi connectivity index (χ1) is 10.7. The molecule has 2 fully saturated rings. The van der Waals surface area contributed by atoms with Crippen LogP contribution in [0.15, 0.2) is 24.3 Å². The van der Waals surface area contributed by atoms with Gasteiger partial charge in [-0.15, -0.1) is 12.4 Å². The molecule has 1 aromatic rings. The Morgan fingerprint density at radius 3 is 2.52 bits per heavy atom. The fourth-order valence-corrected chi connectivity index (χ4v) is 4.00. The molecule has 1 atom stereocenters. The van der Waals surface area contributed by atoms with Crippen molar-refractivity contribution in [2.24, 2.45) is 5.92 Å². The number of carbonyl (C=O) groups is 1. The minimum atomic E-state index is 0. The molecule has 1 amide bonds. The van der Waals surface area contributed by atoms with E-state index in [9.17, 15) is 4.79 Å². The van der Waals surface area contributed by atoms with Crippen molar-refractivity contribution >= 4 is 29.9 Å². The van der Waals surface area contributed by atoms with Crippen LogP contribution < -0.4 is 10.6 Å². The van der Waals surface area contributed by atoms with Crippen LogP contribution in [0.1, 0.15) is 44.1 Å². The van der Waals surface area contributed by atoms with Crippen LogP contribution in [0.5, 0.6) is 0 Å². The number of rotatable bonds is 4. The summed E-state index contributed by atoms with van der Waals surface area (Å²) in [6.45, 7) is 2.53. The monoisotopic (exact) mass is 356 g/mol. The molecule has 1 saturated heterocycles. The SMILES string of the molecule is Cl.O=C(NCC1(c2ccc(Cl)cc2)CCCCC1)C1CCNC1. The number of hydrogen-bond acceptors (Lipinski definition) is 2. The lowest BCUT2D eigenvalue weighted by atomic mass is 9.69. The standard InChI is InChI=1S/C18H25ClN2O.ClH/c19-16-6-4-15(5-7-16)18(9-2-1-3-10-18)13-21-17(22)14-8-11-20-12-14;/h4-7,14,20H,1-3,8-13H2,(H,21,22);1H. The summed E-state index contributed by atoms with van der Waals surface area (Å²) in [7, 11) is 0. The maximum absolute atomic E-state index is 12.3. The zero-order valence-corrected chi connectivity index (χ0v) is 15.0. The second kappa shape index (κ2) is 8.36. The summed E-state index contributed by atoms with van der Waals surface area (Å²) < 4.78 is 0. The number of hydrogen-bond donors (Lipinski definition) is 2. The predicted molar refractivity (Wildman–Crippen MR) is 97.4 cm³/mol. The second-order valence-corrected chi connectivity index (χ2v) is 7.19. The van der Waals surface area contributed by atoms with E-state index in [0.717, 1.165) is 43.9 Å². The first kappa shape index (κ1) is 18.6. The molecule has 1 unspecified atom stereocenters. The summed E-state index contributed by atoms with van der Waals surface area (Å²) in [5.41, 5.74) is 1.41. The molecule has 1 aromatic carbocycles. The van der Waals surface area contributed by atoms with Crippen molar-refractivity contribution in [1.29, 1.82) is 0 Å². The summed E-state index contributed by atoms with van der Waals surface area (Å²) >= 11 is 6.03. The average molecular weight is 357 g/mol. The molecule has 0 bridgehead atoms. The van der Waals surface area contributed by atoms with Gasteiger partial charge in [-0.25, -0.2) is 0 Å². The van der Waals surface area contributed by atoms with Gasteiger partial charge in [-0.2, -0.15) is 0 Å². The first-order valence-corrected chi connectivity index (χ1v) is 8.82. The highest BCUT2D eigenvalue weighted by atomic mass is 35.5. The fraction of sp³-hybridized carbons (Fsp3) is 0.611. The summed E-state index contributed by atoms with van der Waals surface area (Å²) in [5.74, 6) is 0.356. The summed E-state index contributed by atoms with van der Waals surface area (Å²) in [6.07, 6.45) is 7.04. The van der Waals surface area contributed by atoms with Crippen LogP contribution in [0.2, 0.25) is 5.02 Å². The van der Waals surface area contributed by atoms with Gasteiger partial charge in [0.05, 0.1) is 5.92 Å². The summed E-state index contributed by atoms with van der Waals surface area (Å²) in [4.78, 5) is 12.3. The van der Waals surface area contributed by atoms with Crippen LogP contribution in [-0.4, -0.2) is 25.5 Å². The zero-order chi connectivity index (χ0) is 15.4. The van der Waals surface area contributed by atoms with E-state index in [1.54, 1.807) is 0 Å². The molecule has 5 heteroatoms. The molecule has 0 radical (unpaired) electrons. The Kier molecular flexibility index (Phi) is 6.75. The van der Waals surface area contributed by atoms with E-state index in [1.807, 2.05) is 12.1 Å². The van der Waals surface area contributed by atoms with Crippen molar-refractivity contribution in [3.05, 3.63) is 34.9 Å². The molecule has 23 heavy (non-hydrogen) atoms. The van der Waals surface area contributed by atoms with Crippen LogP contribution in [0.3, 0.4) is 0 Å². The van der Waals surface area contributed by atoms with Gasteiger partial charge in [0.15, 0.2) is 0 Å². The highest BCUT2D eigenvalue weighted by Gasteiger charge is 2.35. The lowest BCUT2D eigenvalue weighted by Gasteiger charge is -2.38. The van der Waals surface area contributed by atoms with Gasteiger partial charge < -0.3 is 10.6 Å². The van der Waals surface area contributed by atoms with Crippen molar-refractivity contribution in [2.45, 2.75) is 43.9 Å². The minimum Gasteiger partial charge on any atom is -0.355 e. The normalized spacial score (nSPS) is 23.1. The first-order valence-electron chi connectivity index (χ1n) is 8.44. The van der Waals surface area contributed by atoms with Gasteiger partial charge in [-0.05, 0) is 43.5 Å². The molecule has 3 nitrogen and oxygen atoms in total. The van der Waals surface area contributed by atoms with Gasteiger partial charge in [-0.3, -0.25) is 4.79 Å². The van der Waals surface area contributed by atoms with E-state index in [2.05, 4.69) is 22.8 Å². The van der Waals surface area contributed by atoms with Crippen LogP contribution >= 0.6 is 24.0 Å². The van der Waals surface area contributed by atoms with Crippen LogP contribution in [-0.2, 0) is 10.2 Å². The van der Waals surface area contributed by atoms with E-state index in [1.165, 1.54) is 24.8 Å². The second-order valence-electron chi connectivity index (χ2n) is 6.76. The van der Waals surface area contributed by atoms with Crippen LogP contribution in [0, 0.1) is 5.92 Å². The van der Waals surface area contributed by atoms with Crippen molar-refractivity contribution in [3.8, 4) is 0 Å². The molecule has 1 aliphatic carbocycles. The highest BCUT2D eigenvalue weighted by molar-refractivity contribution is 6.30. The maximum Gasteiger partial charge on any atom is 0.224 e. The lowest BCUT2D eigenvalue weighted by molar-refractivity contribution is -0.124. The van der Waals surface area contributed by atoms with E-state index < -0.39 is 0 Å². The number of halogens is 2. The van der Waals surface area contributed by atoms with Crippen molar-refractivity contribution in [1.82, 2.24) is 10.6 Å². The quantitative estimate of drug-likeness (QED) is 0.863. The minimum absolute atomic E-state index is 0. The summed E-state index contributed by atoms with van der Waals surface area (Å²) in [5, 5.41) is 7.27. The number of nitrogens with one attached hydrogen (secondary N) is 2. The van der Waals surface area contributed by atoms with Crippen molar-refractivity contribution in [3.63, 3.8) is 0 Å². The van der Waals surface area contributed by atoms with Gasteiger partial charge in [0.1, 0.15) is 0 Å². The molecule has 1 saturated carbocycles. The molecule has 128 valence electrons. The summed E-state index contributed by atoms with van der Waals surface area (Å²) in [6, 6.07) is 8.21. The van der Waals surface area contributed by atoms with Crippen molar-refractivity contribution in [2.75, 3.05) is 19.6 Å². The Morgan fingerprint density at radius 1 is 1.22 bits per heavy atom. The molecule has 0 spiro atoms. The van der Waals surface area contributed by atoms with E-state index in [0.29, 0.717) is 0 Å². The molecule has 0 aromatic heterocycles. The largest absolute Gasteiger partial charge is 0.355 e. The van der Waals surface area contributed by atoms with Gasteiger partial charge in [0.25, 0.3) is 0 Å². The molecular weight excluding hydrogens is 331 g/mol. The van der Waals surface area contributed by atoms with Gasteiger partial charge in [0, 0.05) is 23.5 Å². The number of benzene rings is 1. The Balaban J connectivity index is 0.00000192. The van der Waals surface area contributed by atoms with Gasteiger partial charge in [0.2, 0.25) is 5.91 Å². The highest BCUT2D eigenvalue weighted by Crippen LogP contribution is 2.39. The van der Waals surface area contributed by atoms with E-state index >= 15 is 0 Å². The van der Waals surface area contributed by atoms with Crippen LogP contribution in [0.25, 0.3) is 0 Å². The fourth-order valence-electron chi connectivity index (χ4n) is 3.88. The lowest BCUT2D eigenvalue weighted by Crippen LogP contribution is -2.44. The van der Waals surface area contributed by atoms with Crippen LogP contribution in [0.4, 0.5) is 0 Å². The van der Waals surface area contributed by atoms with E-state index in [-0.39, 0.29) is 29.6 Å².